The third kappa shape index (κ3) is 6.73. The molecule has 0 fully saturated rings. The van der Waals surface area contributed by atoms with Crippen molar-refractivity contribution in [2.75, 3.05) is 0 Å². The molecule has 0 aromatic carbocycles. The van der Waals surface area contributed by atoms with Crippen molar-refractivity contribution in [2.45, 2.75) is 52.6 Å². The van der Waals surface area contributed by atoms with Gasteiger partial charge in [0, 0.05) is 30.7 Å². The van der Waals surface area contributed by atoms with Crippen LogP contribution in [0.5, 0.6) is 0 Å². The van der Waals surface area contributed by atoms with Crippen LogP contribution in [0.2, 0.25) is 0 Å². The predicted octanol–water partition coefficient (Wildman–Crippen LogP) is -2.46. The van der Waals surface area contributed by atoms with Gasteiger partial charge in [-0.2, -0.15) is 0 Å². The molecule has 0 spiro atoms. The summed E-state index contributed by atoms with van der Waals surface area (Å²) < 4.78 is 4.47. The van der Waals surface area contributed by atoms with Crippen LogP contribution in [0.1, 0.15) is 39.5 Å². The minimum Gasteiger partial charge on any atom is -1.00 e. The quantitative estimate of drug-likeness (QED) is 0.238. The summed E-state index contributed by atoms with van der Waals surface area (Å²) in [4.78, 5) is 0. The number of unbranched alkanes of at least 4 members (excludes halogenated alkanes) is 3. The van der Waals surface area contributed by atoms with E-state index in [1.807, 2.05) is 0 Å². The van der Waals surface area contributed by atoms with Gasteiger partial charge in [-0.05, 0) is 24.5 Å². The molecular formula is C18H26BrIN2. The first-order valence-corrected chi connectivity index (χ1v) is 7.82. The smallest absolute Gasteiger partial charge is 0.169 e. The molecule has 0 bridgehead atoms. The van der Waals surface area contributed by atoms with Gasteiger partial charge in [-0.3, -0.25) is 0 Å². The Labute approximate surface area is 162 Å². The molecule has 2 heterocycles. The van der Waals surface area contributed by atoms with Crippen LogP contribution in [0.15, 0.2) is 49.1 Å². The van der Waals surface area contributed by atoms with Gasteiger partial charge in [0.15, 0.2) is 24.8 Å². The van der Waals surface area contributed by atoms with Crippen LogP contribution in [0.25, 0.3) is 11.1 Å². The average molecular weight is 477 g/mol. The van der Waals surface area contributed by atoms with Crippen molar-refractivity contribution in [1.29, 1.82) is 0 Å². The van der Waals surface area contributed by atoms with Gasteiger partial charge in [0.25, 0.3) is 0 Å². The Morgan fingerprint density at radius 1 is 0.727 bits per heavy atom. The van der Waals surface area contributed by atoms with Gasteiger partial charge in [0.2, 0.25) is 0 Å². The highest BCUT2D eigenvalue weighted by molar-refractivity contribution is 5.60. The summed E-state index contributed by atoms with van der Waals surface area (Å²) in [6.45, 7) is 6.56. The van der Waals surface area contributed by atoms with Crippen LogP contribution < -0.4 is 50.1 Å². The molecular weight excluding hydrogens is 451 g/mol. The van der Waals surface area contributed by atoms with E-state index in [-0.39, 0.29) is 41.0 Å². The van der Waals surface area contributed by atoms with Crippen LogP contribution in [0.3, 0.4) is 0 Å². The van der Waals surface area contributed by atoms with Crippen molar-refractivity contribution in [3.63, 3.8) is 0 Å². The SMILES string of the molecule is CCCCCC[n+]1ccc(-c2cc[n+](CC)cc2)cc1.[Br-].[I-]. The van der Waals surface area contributed by atoms with E-state index in [0.29, 0.717) is 0 Å². The first kappa shape index (κ1) is 21.5. The molecule has 0 atom stereocenters. The van der Waals surface area contributed by atoms with E-state index in [4.69, 9.17) is 0 Å². The summed E-state index contributed by atoms with van der Waals surface area (Å²) in [6.07, 6.45) is 13.9. The summed E-state index contributed by atoms with van der Waals surface area (Å²) in [5, 5.41) is 0. The summed E-state index contributed by atoms with van der Waals surface area (Å²) in [6, 6.07) is 8.80. The molecule has 2 aromatic heterocycles. The number of hydrogen-bond donors (Lipinski definition) is 0. The van der Waals surface area contributed by atoms with Gasteiger partial charge in [0.05, 0.1) is 0 Å². The van der Waals surface area contributed by atoms with Crippen LogP contribution >= 0.6 is 0 Å². The van der Waals surface area contributed by atoms with Crippen molar-refractivity contribution >= 4 is 0 Å². The van der Waals surface area contributed by atoms with Crippen LogP contribution in [-0.2, 0) is 13.1 Å². The molecule has 0 unspecified atom stereocenters. The van der Waals surface area contributed by atoms with Gasteiger partial charge in [-0.25, -0.2) is 9.13 Å². The largest absolute Gasteiger partial charge is 1.00 e. The molecule has 122 valence electrons. The van der Waals surface area contributed by atoms with Crippen LogP contribution in [-0.4, -0.2) is 0 Å². The van der Waals surface area contributed by atoms with E-state index < -0.39 is 0 Å². The van der Waals surface area contributed by atoms with E-state index >= 15 is 0 Å². The van der Waals surface area contributed by atoms with Crippen LogP contribution in [0.4, 0.5) is 0 Å². The van der Waals surface area contributed by atoms with Crippen molar-refractivity contribution in [1.82, 2.24) is 0 Å². The average Bonchev–Trinajstić information content (AvgIpc) is 2.52. The Kier molecular flexibility index (Phi) is 11.7. The fraction of sp³-hybridized carbons (Fsp3) is 0.444. The second-order valence-electron chi connectivity index (χ2n) is 5.30. The number of nitrogens with zero attached hydrogens (tertiary/aromatic N) is 2. The third-order valence-corrected chi connectivity index (χ3v) is 3.75. The van der Waals surface area contributed by atoms with Gasteiger partial charge in [-0.1, -0.05) is 19.8 Å². The van der Waals surface area contributed by atoms with Crippen molar-refractivity contribution in [3.8, 4) is 11.1 Å². The maximum absolute atomic E-state index is 2.29. The fourth-order valence-corrected chi connectivity index (χ4v) is 2.38. The minimum atomic E-state index is 0. The molecule has 2 nitrogen and oxygen atoms in total. The molecule has 0 radical (unpaired) electrons. The van der Waals surface area contributed by atoms with Crippen molar-refractivity contribution in [2.24, 2.45) is 0 Å². The first-order chi connectivity index (χ1) is 9.83. The number of aryl methyl sites for hydroxylation is 2. The number of rotatable bonds is 7. The molecule has 0 saturated carbocycles. The summed E-state index contributed by atoms with van der Waals surface area (Å²) in [5.41, 5.74) is 2.57. The molecule has 0 aliphatic heterocycles. The maximum atomic E-state index is 2.29. The topological polar surface area (TPSA) is 7.76 Å². The van der Waals surface area contributed by atoms with Gasteiger partial charge in [-0.15, -0.1) is 0 Å². The van der Waals surface area contributed by atoms with E-state index in [0.717, 1.165) is 13.1 Å². The number of hydrogen-bond acceptors (Lipinski definition) is 0. The zero-order chi connectivity index (χ0) is 14.2. The zero-order valence-electron chi connectivity index (χ0n) is 13.5. The minimum absolute atomic E-state index is 0. The Bertz CT molecular complexity index is 512. The van der Waals surface area contributed by atoms with Gasteiger partial charge >= 0.3 is 0 Å². The molecule has 4 heteroatoms. The first-order valence-electron chi connectivity index (χ1n) is 7.82. The predicted molar refractivity (Wildman–Crippen MR) is 82.1 cm³/mol. The zero-order valence-corrected chi connectivity index (χ0v) is 17.3. The second kappa shape index (κ2) is 12.0. The molecule has 0 aliphatic rings. The van der Waals surface area contributed by atoms with E-state index in [1.165, 1.54) is 36.8 Å². The highest BCUT2D eigenvalue weighted by Gasteiger charge is 2.04. The third-order valence-electron chi connectivity index (χ3n) is 3.75. The highest BCUT2D eigenvalue weighted by Crippen LogP contribution is 2.15. The Balaban J connectivity index is 0.00000220. The molecule has 0 aliphatic carbocycles. The number of aromatic nitrogens is 2. The van der Waals surface area contributed by atoms with E-state index in [2.05, 4.69) is 72.0 Å². The summed E-state index contributed by atoms with van der Waals surface area (Å²) in [7, 11) is 0. The lowest BCUT2D eigenvalue weighted by Crippen LogP contribution is -3.00. The molecule has 0 amide bonds. The monoisotopic (exact) mass is 476 g/mol. The summed E-state index contributed by atoms with van der Waals surface area (Å²) >= 11 is 0. The Morgan fingerprint density at radius 2 is 1.23 bits per heavy atom. The normalized spacial score (nSPS) is 9.73. The standard InChI is InChI=1S/C18H26N2.BrH.HI/c1-3-5-6-7-12-20-15-10-18(11-16-20)17-8-13-19(4-2)14-9-17;;/h8-11,13-16H,3-7,12H2,1-2H3;2*1H/q+2;;/p-2. The lowest BCUT2D eigenvalue weighted by Gasteiger charge is -2.01. The van der Waals surface area contributed by atoms with Gasteiger partial charge in [0.1, 0.15) is 13.1 Å². The fourth-order valence-electron chi connectivity index (χ4n) is 2.38. The molecule has 22 heavy (non-hydrogen) atoms. The number of halogens is 2. The van der Waals surface area contributed by atoms with Crippen LogP contribution in [0, 0.1) is 0 Å². The Morgan fingerprint density at radius 3 is 1.68 bits per heavy atom. The van der Waals surface area contributed by atoms with Gasteiger partial charge < -0.3 is 41.0 Å². The highest BCUT2D eigenvalue weighted by atomic mass is 127. The second-order valence-corrected chi connectivity index (χ2v) is 5.30. The van der Waals surface area contributed by atoms with Crippen molar-refractivity contribution in [3.05, 3.63) is 49.1 Å². The number of pyridine rings is 2. The molecule has 0 saturated heterocycles. The van der Waals surface area contributed by atoms with Crippen molar-refractivity contribution < 1.29 is 50.1 Å². The molecule has 2 aromatic rings. The van der Waals surface area contributed by atoms with E-state index in [1.54, 1.807) is 0 Å². The molecule has 0 N–H and O–H groups in total. The van der Waals surface area contributed by atoms with E-state index in [9.17, 15) is 0 Å². The lowest BCUT2D eigenvalue weighted by atomic mass is 10.1. The maximum Gasteiger partial charge on any atom is 0.169 e. The lowest BCUT2D eigenvalue weighted by molar-refractivity contribution is -0.697. The summed E-state index contributed by atoms with van der Waals surface area (Å²) in [5.74, 6) is 0. The Hall–Kier alpha value is -0.490. The molecule has 2 rings (SSSR count).